The number of aromatic nitrogens is 3. The Morgan fingerprint density at radius 3 is 2.55 bits per heavy atom. The first-order valence-electron chi connectivity index (χ1n) is 12.7. The summed E-state index contributed by atoms with van der Waals surface area (Å²) in [6, 6.07) is 3.52. The van der Waals surface area contributed by atoms with Crippen LogP contribution in [0.15, 0.2) is 36.8 Å². The third-order valence-corrected chi connectivity index (χ3v) is 6.49. The van der Waals surface area contributed by atoms with Crippen molar-refractivity contribution in [2.24, 2.45) is 13.0 Å². The molecule has 13 heteroatoms. The molecule has 2 aromatic heterocycles. The summed E-state index contributed by atoms with van der Waals surface area (Å²) in [6.07, 6.45) is 0.312. The number of methoxy groups -OCH3 is 1. The van der Waals surface area contributed by atoms with Crippen molar-refractivity contribution >= 4 is 23.0 Å². The number of anilines is 2. The lowest BCUT2D eigenvalue weighted by molar-refractivity contribution is -0.137. The zero-order valence-electron chi connectivity index (χ0n) is 23.2. The molecule has 0 bridgehead atoms. The number of ether oxygens (including phenoxy) is 1. The SMILES string of the molecule is COc1c(CNCC(C)C)cc(C(F)(F)F)cc1NC(=O)c1cnc(C)c(N2C=C(c3cnn(C)c3C)NN2)c1. The normalized spacial score (nSPS) is 13.4. The van der Waals surface area contributed by atoms with E-state index >= 15 is 0 Å². The van der Waals surface area contributed by atoms with E-state index in [1.54, 1.807) is 28.9 Å². The molecule has 0 unspecified atom stereocenters. The summed E-state index contributed by atoms with van der Waals surface area (Å²) < 4.78 is 48.4. The van der Waals surface area contributed by atoms with Crippen molar-refractivity contribution in [3.05, 3.63) is 70.4 Å². The highest BCUT2D eigenvalue weighted by molar-refractivity contribution is 6.05. The number of halogens is 3. The number of pyridine rings is 1. The van der Waals surface area contributed by atoms with Crippen LogP contribution in [0.4, 0.5) is 24.5 Å². The lowest BCUT2D eigenvalue weighted by atomic mass is 10.1. The Labute approximate surface area is 230 Å². The molecule has 0 aliphatic carbocycles. The maximum atomic E-state index is 13.7. The van der Waals surface area contributed by atoms with Crippen LogP contribution < -0.4 is 31.3 Å². The first kappa shape index (κ1) is 28.9. The van der Waals surface area contributed by atoms with Crippen molar-refractivity contribution in [1.82, 2.24) is 31.0 Å². The van der Waals surface area contributed by atoms with E-state index in [2.05, 4.69) is 31.7 Å². The molecular weight excluding hydrogens is 525 g/mol. The fraction of sp³-hybridized carbons (Fsp3) is 0.370. The molecular formula is C27H33F3N8O2. The van der Waals surface area contributed by atoms with Crippen LogP contribution in [-0.4, -0.2) is 34.3 Å². The van der Waals surface area contributed by atoms with Gasteiger partial charge in [0.1, 0.15) is 5.75 Å². The van der Waals surface area contributed by atoms with Gasteiger partial charge < -0.3 is 20.8 Å². The monoisotopic (exact) mass is 558 g/mol. The van der Waals surface area contributed by atoms with E-state index in [1.165, 1.54) is 13.3 Å². The lowest BCUT2D eigenvalue weighted by Gasteiger charge is -2.20. The van der Waals surface area contributed by atoms with Crippen LogP contribution >= 0.6 is 0 Å². The molecule has 1 aliphatic heterocycles. The number of hydrogen-bond acceptors (Lipinski definition) is 8. The molecule has 0 spiro atoms. The van der Waals surface area contributed by atoms with Gasteiger partial charge in [0.05, 0.1) is 47.2 Å². The highest BCUT2D eigenvalue weighted by Gasteiger charge is 2.33. The molecule has 1 aromatic carbocycles. The smallest absolute Gasteiger partial charge is 0.416 e. The first-order valence-corrected chi connectivity index (χ1v) is 12.7. The summed E-state index contributed by atoms with van der Waals surface area (Å²) in [4.78, 5) is 17.6. The summed E-state index contributed by atoms with van der Waals surface area (Å²) in [6.45, 7) is 8.47. The van der Waals surface area contributed by atoms with Gasteiger partial charge in [-0.3, -0.25) is 19.5 Å². The Hall–Kier alpha value is -4.10. The average molecular weight is 559 g/mol. The lowest BCUT2D eigenvalue weighted by Crippen LogP contribution is -2.36. The van der Waals surface area contributed by atoms with Crippen molar-refractivity contribution in [2.75, 3.05) is 24.0 Å². The summed E-state index contributed by atoms with van der Waals surface area (Å²) in [7, 11) is 3.20. The summed E-state index contributed by atoms with van der Waals surface area (Å²) in [5, 5.41) is 11.7. The molecule has 4 N–H and O–H groups in total. The zero-order valence-corrected chi connectivity index (χ0v) is 23.2. The number of benzene rings is 1. The number of nitrogens with zero attached hydrogens (tertiary/aromatic N) is 4. The maximum Gasteiger partial charge on any atom is 0.416 e. The number of hydrogen-bond donors (Lipinski definition) is 4. The minimum atomic E-state index is -4.61. The van der Waals surface area contributed by atoms with Gasteiger partial charge in [-0.15, -0.1) is 5.53 Å². The number of aryl methyl sites for hydroxylation is 2. The second-order valence-corrected chi connectivity index (χ2v) is 9.94. The molecule has 3 heterocycles. The predicted octanol–water partition coefficient (Wildman–Crippen LogP) is 4.29. The molecule has 0 saturated carbocycles. The van der Waals surface area contributed by atoms with Gasteiger partial charge in [-0.1, -0.05) is 13.8 Å². The van der Waals surface area contributed by atoms with Crippen molar-refractivity contribution < 1.29 is 22.7 Å². The molecule has 0 atom stereocenters. The third kappa shape index (κ3) is 6.20. The van der Waals surface area contributed by atoms with Gasteiger partial charge in [0.25, 0.3) is 5.91 Å². The second kappa shape index (κ2) is 11.6. The molecule has 10 nitrogen and oxygen atoms in total. The Bertz CT molecular complexity index is 1430. The van der Waals surface area contributed by atoms with E-state index in [0.29, 0.717) is 23.8 Å². The Kier molecular flexibility index (Phi) is 8.35. The predicted molar refractivity (Wildman–Crippen MR) is 146 cm³/mol. The number of nitrogens with one attached hydrogen (secondary N) is 4. The van der Waals surface area contributed by atoms with Crippen LogP contribution in [0, 0.1) is 19.8 Å². The minimum absolute atomic E-state index is 0.0824. The minimum Gasteiger partial charge on any atom is -0.494 e. The van der Waals surface area contributed by atoms with E-state index in [1.807, 2.05) is 34.0 Å². The third-order valence-electron chi connectivity index (χ3n) is 6.49. The first-order chi connectivity index (χ1) is 18.9. The molecule has 0 radical (unpaired) electrons. The van der Waals surface area contributed by atoms with Crippen molar-refractivity contribution in [2.45, 2.75) is 40.4 Å². The number of hydrazine groups is 2. The Morgan fingerprint density at radius 1 is 1.18 bits per heavy atom. The summed E-state index contributed by atoms with van der Waals surface area (Å²) in [5.41, 5.74) is 9.40. The topological polar surface area (TPSA) is 108 Å². The number of carbonyl (C=O) groups excluding carboxylic acids is 1. The molecule has 3 aromatic rings. The van der Waals surface area contributed by atoms with Crippen LogP contribution in [0.3, 0.4) is 0 Å². The van der Waals surface area contributed by atoms with E-state index in [0.717, 1.165) is 29.1 Å². The highest BCUT2D eigenvalue weighted by Crippen LogP contribution is 2.38. The molecule has 0 fully saturated rings. The van der Waals surface area contributed by atoms with Crippen molar-refractivity contribution in [1.29, 1.82) is 0 Å². The van der Waals surface area contributed by atoms with Crippen LogP contribution in [0.1, 0.15) is 52.3 Å². The van der Waals surface area contributed by atoms with Gasteiger partial charge >= 0.3 is 6.18 Å². The number of carbonyl (C=O) groups is 1. The van der Waals surface area contributed by atoms with E-state index in [4.69, 9.17) is 4.74 Å². The van der Waals surface area contributed by atoms with Gasteiger partial charge in [0, 0.05) is 42.8 Å². The van der Waals surface area contributed by atoms with Gasteiger partial charge in [-0.05, 0) is 44.5 Å². The zero-order chi connectivity index (χ0) is 29.2. The fourth-order valence-electron chi connectivity index (χ4n) is 4.24. The second-order valence-electron chi connectivity index (χ2n) is 9.94. The van der Waals surface area contributed by atoms with Crippen molar-refractivity contribution in [3.63, 3.8) is 0 Å². The largest absolute Gasteiger partial charge is 0.494 e. The summed E-state index contributed by atoms with van der Waals surface area (Å²) >= 11 is 0. The molecule has 1 aliphatic rings. The quantitative estimate of drug-likeness (QED) is 0.308. The Morgan fingerprint density at radius 2 is 1.93 bits per heavy atom. The van der Waals surface area contributed by atoms with E-state index in [-0.39, 0.29) is 29.1 Å². The molecule has 40 heavy (non-hydrogen) atoms. The van der Waals surface area contributed by atoms with E-state index < -0.39 is 17.6 Å². The van der Waals surface area contributed by atoms with Crippen LogP contribution in [0.2, 0.25) is 0 Å². The van der Waals surface area contributed by atoms with Gasteiger partial charge in [0.2, 0.25) is 0 Å². The van der Waals surface area contributed by atoms with Gasteiger partial charge in [0.15, 0.2) is 0 Å². The number of amides is 1. The molecule has 214 valence electrons. The van der Waals surface area contributed by atoms with Gasteiger partial charge in [-0.25, -0.2) is 0 Å². The van der Waals surface area contributed by atoms with Crippen LogP contribution in [0.25, 0.3) is 5.70 Å². The Balaban J connectivity index is 1.63. The molecule has 1 amide bonds. The van der Waals surface area contributed by atoms with Gasteiger partial charge in [-0.2, -0.15) is 18.3 Å². The average Bonchev–Trinajstić information content (AvgIpc) is 3.50. The standard InChI is InChI=1S/C27H33F3N8O2/c1-15(2)10-31-11-18-7-20(27(28,29)30)9-22(25(18)40-6)34-26(39)19-8-24(16(3)32-12-19)38-14-23(35-36-38)21-13-33-37(5)17(21)4/h7-9,12-15,31,35-36H,10-11H2,1-6H3,(H,34,39). The maximum absolute atomic E-state index is 13.7. The molecule has 4 rings (SSSR count). The van der Waals surface area contributed by atoms with E-state index in [9.17, 15) is 18.0 Å². The fourth-order valence-corrected chi connectivity index (χ4v) is 4.24. The van der Waals surface area contributed by atoms with Crippen LogP contribution in [-0.2, 0) is 19.8 Å². The number of rotatable bonds is 9. The van der Waals surface area contributed by atoms with Crippen molar-refractivity contribution in [3.8, 4) is 5.75 Å². The highest BCUT2D eigenvalue weighted by atomic mass is 19.4. The summed E-state index contributed by atoms with van der Waals surface area (Å²) in [5.74, 6) is -0.173. The number of alkyl halides is 3. The van der Waals surface area contributed by atoms with Crippen LogP contribution in [0.5, 0.6) is 5.75 Å². The molecule has 0 saturated heterocycles.